The van der Waals surface area contributed by atoms with Gasteiger partial charge < -0.3 is 5.11 Å². The van der Waals surface area contributed by atoms with Crippen LogP contribution in [0.25, 0.3) is 0 Å². The fourth-order valence-corrected chi connectivity index (χ4v) is 2.56. The Morgan fingerprint density at radius 1 is 1.60 bits per heavy atom. The number of hydrogen-bond donors (Lipinski definition) is 1. The summed E-state index contributed by atoms with van der Waals surface area (Å²) in [7, 11) is 0. The maximum absolute atomic E-state index is 10.8. The van der Waals surface area contributed by atoms with Crippen molar-refractivity contribution in [3.63, 3.8) is 0 Å². The molecule has 4 heteroatoms. The van der Waals surface area contributed by atoms with Gasteiger partial charge in [-0.25, -0.2) is 0 Å². The third kappa shape index (κ3) is 3.52. The summed E-state index contributed by atoms with van der Waals surface area (Å²) in [6.45, 7) is 2.15. The fourth-order valence-electron chi connectivity index (χ4n) is 1.18. The van der Waals surface area contributed by atoms with Crippen molar-refractivity contribution in [3.05, 3.63) is 28.8 Å². The fraction of sp³-hybridized carbons (Fsp3) is 0.364. The van der Waals surface area contributed by atoms with E-state index in [1.165, 1.54) is 11.8 Å². The van der Waals surface area contributed by atoms with Gasteiger partial charge in [0.05, 0.1) is 5.02 Å². The van der Waals surface area contributed by atoms with Crippen LogP contribution in [-0.4, -0.2) is 23.2 Å². The van der Waals surface area contributed by atoms with Crippen molar-refractivity contribution in [3.8, 4) is 0 Å². The Labute approximate surface area is 98.6 Å². The van der Waals surface area contributed by atoms with Crippen LogP contribution in [0.15, 0.2) is 23.1 Å². The Balaban J connectivity index is 2.87. The second kappa shape index (κ2) is 6.16. The van der Waals surface area contributed by atoms with Gasteiger partial charge in [-0.05, 0) is 12.5 Å². The largest absolute Gasteiger partial charge is 0.396 e. The van der Waals surface area contributed by atoms with Gasteiger partial charge in [0.15, 0.2) is 6.29 Å². The smallest absolute Gasteiger partial charge is 0.151 e. The van der Waals surface area contributed by atoms with Crippen molar-refractivity contribution in [2.75, 3.05) is 6.61 Å². The number of aliphatic hydroxyl groups excluding tert-OH is 1. The van der Waals surface area contributed by atoms with Crippen LogP contribution in [0, 0.1) is 0 Å². The summed E-state index contributed by atoms with van der Waals surface area (Å²) in [6, 6.07) is 5.27. The quantitative estimate of drug-likeness (QED) is 0.639. The molecule has 1 aromatic rings. The van der Waals surface area contributed by atoms with Gasteiger partial charge in [0.1, 0.15) is 0 Å². The van der Waals surface area contributed by atoms with Crippen LogP contribution in [0.2, 0.25) is 5.02 Å². The monoisotopic (exact) mass is 244 g/mol. The molecule has 0 amide bonds. The van der Waals surface area contributed by atoms with Crippen molar-refractivity contribution in [2.24, 2.45) is 0 Å². The molecule has 0 radical (unpaired) electrons. The zero-order valence-electron chi connectivity index (χ0n) is 8.44. The SMILES string of the molecule is CC(CCO)Sc1c(Cl)cccc1C=O. The molecule has 0 saturated carbocycles. The lowest BCUT2D eigenvalue weighted by Crippen LogP contribution is -2.00. The van der Waals surface area contributed by atoms with Crippen molar-refractivity contribution >= 4 is 29.6 Å². The zero-order valence-corrected chi connectivity index (χ0v) is 10.0. The van der Waals surface area contributed by atoms with Gasteiger partial charge in [0, 0.05) is 22.3 Å². The van der Waals surface area contributed by atoms with Gasteiger partial charge >= 0.3 is 0 Å². The lowest BCUT2D eigenvalue weighted by molar-refractivity contribution is 0.112. The van der Waals surface area contributed by atoms with Gasteiger partial charge in [-0.1, -0.05) is 30.7 Å². The molecule has 1 aromatic carbocycles. The lowest BCUT2D eigenvalue weighted by Gasteiger charge is -2.12. The molecular formula is C11H13ClO2S. The molecule has 0 heterocycles. The molecule has 1 atom stereocenters. The number of aldehydes is 1. The molecule has 1 N–H and O–H groups in total. The molecule has 0 fully saturated rings. The summed E-state index contributed by atoms with van der Waals surface area (Å²) in [5.41, 5.74) is 0.609. The number of halogens is 1. The van der Waals surface area contributed by atoms with Crippen LogP contribution in [0.1, 0.15) is 23.7 Å². The topological polar surface area (TPSA) is 37.3 Å². The second-order valence-corrected chi connectivity index (χ2v) is 5.07. The maximum Gasteiger partial charge on any atom is 0.151 e. The number of hydrogen-bond acceptors (Lipinski definition) is 3. The highest BCUT2D eigenvalue weighted by Crippen LogP contribution is 2.33. The molecule has 82 valence electrons. The Kier molecular flexibility index (Phi) is 5.15. The third-order valence-electron chi connectivity index (χ3n) is 1.98. The highest BCUT2D eigenvalue weighted by atomic mass is 35.5. The third-order valence-corrected chi connectivity index (χ3v) is 3.74. The van der Waals surface area contributed by atoms with E-state index in [9.17, 15) is 4.79 Å². The summed E-state index contributed by atoms with van der Waals surface area (Å²) in [5.74, 6) is 0. The van der Waals surface area contributed by atoms with Crippen LogP contribution in [0.4, 0.5) is 0 Å². The predicted octanol–water partition coefficient (Wildman–Crippen LogP) is 3.02. The van der Waals surface area contributed by atoms with E-state index < -0.39 is 0 Å². The number of benzene rings is 1. The maximum atomic E-state index is 10.8. The first-order valence-corrected chi connectivity index (χ1v) is 5.96. The minimum Gasteiger partial charge on any atom is -0.396 e. The molecule has 0 aliphatic carbocycles. The molecule has 15 heavy (non-hydrogen) atoms. The van der Waals surface area contributed by atoms with E-state index in [-0.39, 0.29) is 11.9 Å². The van der Waals surface area contributed by atoms with E-state index in [4.69, 9.17) is 16.7 Å². The molecule has 1 unspecified atom stereocenters. The van der Waals surface area contributed by atoms with Crippen molar-refractivity contribution in [2.45, 2.75) is 23.5 Å². The summed E-state index contributed by atoms with van der Waals surface area (Å²) < 4.78 is 0. The Bertz CT molecular complexity index is 341. The minimum absolute atomic E-state index is 0.148. The van der Waals surface area contributed by atoms with Crippen molar-refractivity contribution in [1.29, 1.82) is 0 Å². The summed E-state index contributed by atoms with van der Waals surface area (Å²) in [6.07, 6.45) is 1.49. The van der Waals surface area contributed by atoms with Gasteiger partial charge in [-0.3, -0.25) is 4.79 Å². The lowest BCUT2D eigenvalue weighted by atomic mass is 10.2. The van der Waals surface area contributed by atoms with E-state index in [1.807, 2.05) is 6.92 Å². The zero-order chi connectivity index (χ0) is 11.3. The first kappa shape index (κ1) is 12.6. The van der Waals surface area contributed by atoms with Crippen LogP contribution in [-0.2, 0) is 0 Å². The molecule has 1 rings (SSSR count). The molecular weight excluding hydrogens is 232 g/mol. The van der Waals surface area contributed by atoms with Crippen LogP contribution >= 0.6 is 23.4 Å². The average molecular weight is 245 g/mol. The molecule has 0 aliphatic heterocycles. The van der Waals surface area contributed by atoms with Gasteiger partial charge in [-0.2, -0.15) is 0 Å². The van der Waals surface area contributed by atoms with Gasteiger partial charge in [0.2, 0.25) is 0 Å². The first-order chi connectivity index (χ1) is 7.19. The standard InChI is InChI=1S/C11H13ClO2S/c1-8(5-6-13)15-11-9(7-14)3-2-4-10(11)12/h2-4,7-8,13H,5-6H2,1H3. The Morgan fingerprint density at radius 3 is 2.93 bits per heavy atom. The Hall–Kier alpha value is -0.510. The van der Waals surface area contributed by atoms with E-state index in [1.54, 1.807) is 18.2 Å². The van der Waals surface area contributed by atoms with Crippen LogP contribution in [0.5, 0.6) is 0 Å². The number of rotatable bonds is 5. The van der Waals surface area contributed by atoms with Crippen LogP contribution < -0.4 is 0 Å². The Morgan fingerprint density at radius 2 is 2.33 bits per heavy atom. The summed E-state index contributed by atoms with van der Waals surface area (Å²) >= 11 is 7.53. The number of carbonyl (C=O) groups is 1. The highest BCUT2D eigenvalue weighted by Gasteiger charge is 2.11. The van der Waals surface area contributed by atoms with E-state index in [0.717, 1.165) is 11.2 Å². The average Bonchev–Trinajstić information content (AvgIpc) is 2.21. The molecule has 0 aromatic heterocycles. The van der Waals surface area contributed by atoms with E-state index in [0.29, 0.717) is 17.0 Å². The summed E-state index contributed by atoms with van der Waals surface area (Å²) in [4.78, 5) is 11.6. The van der Waals surface area contributed by atoms with Gasteiger partial charge in [0.25, 0.3) is 0 Å². The number of aliphatic hydroxyl groups is 1. The first-order valence-electron chi connectivity index (χ1n) is 4.70. The molecule has 0 aliphatic rings. The van der Waals surface area contributed by atoms with E-state index in [2.05, 4.69) is 0 Å². The van der Waals surface area contributed by atoms with E-state index >= 15 is 0 Å². The number of carbonyl (C=O) groups excluding carboxylic acids is 1. The molecule has 0 spiro atoms. The van der Waals surface area contributed by atoms with Crippen molar-refractivity contribution in [1.82, 2.24) is 0 Å². The van der Waals surface area contributed by atoms with Crippen LogP contribution in [0.3, 0.4) is 0 Å². The predicted molar refractivity (Wildman–Crippen MR) is 63.9 cm³/mol. The van der Waals surface area contributed by atoms with Gasteiger partial charge in [-0.15, -0.1) is 11.8 Å². The second-order valence-electron chi connectivity index (χ2n) is 3.22. The molecule has 2 nitrogen and oxygen atoms in total. The highest BCUT2D eigenvalue weighted by molar-refractivity contribution is 8.00. The molecule has 0 bridgehead atoms. The minimum atomic E-state index is 0.148. The molecule has 0 saturated heterocycles. The number of thioether (sulfide) groups is 1. The van der Waals surface area contributed by atoms with Crippen molar-refractivity contribution < 1.29 is 9.90 Å². The normalized spacial score (nSPS) is 12.5. The summed E-state index contributed by atoms with van der Waals surface area (Å²) in [5, 5.41) is 9.63.